The van der Waals surface area contributed by atoms with Crippen LogP contribution in [0.15, 0.2) is 0 Å². The van der Waals surface area contributed by atoms with Crippen molar-refractivity contribution in [2.24, 2.45) is 5.73 Å². The summed E-state index contributed by atoms with van der Waals surface area (Å²) in [6.45, 7) is 6.51. The lowest BCUT2D eigenvalue weighted by Gasteiger charge is -2.39. The Morgan fingerprint density at radius 2 is 1.86 bits per heavy atom. The minimum absolute atomic E-state index is 0.140. The zero-order chi connectivity index (χ0) is 15.1. The molecule has 1 saturated heterocycles. The van der Waals surface area contributed by atoms with Crippen molar-refractivity contribution in [1.82, 2.24) is 15.1 Å². The Morgan fingerprint density at radius 3 is 2.43 bits per heavy atom. The molecule has 0 spiro atoms. The lowest BCUT2D eigenvalue weighted by molar-refractivity contribution is 0.104. The Hall–Kier alpha value is -0.810. The molecule has 21 heavy (non-hydrogen) atoms. The van der Waals surface area contributed by atoms with Crippen LogP contribution in [-0.2, 0) is 0 Å². The molecule has 1 aliphatic heterocycles. The third-order valence-corrected chi connectivity index (χ3v) is 4.94. The molecule has 2 rings (SSSR count). The van der Waals surface area contributed by atoms with Crippen LogP contribution >= 0.6 is 0 Å². The molecule has 1 saturated carbocycles. The van der Waals surface area contributed by atoms with E-state index in [1.54, 1.807) is 0 Å². The van der Waals surface area contributed by atoms with E-state index in [4.69, 9.17) is 5.73 Å². The quantitative estimate of drug-likeness (QED) is 0.813. The van der Waals surface area contributed by atoms with Crippen molar-refractivity contribution >= 4 is 6.03 Å². The second kappa shape index (κ2) is 8.59. The Kier molecular flexibility index (Phi) is 6.77. The monoisotopic (exact) mass is 296 g/mol. The molecule has 3 N–H and O–H groups in total. The van der Waals surface area contributed by atoms with E-state index in [-0.39, 0.29) is 6.03 Å². The van der Waals surface area contributed by atoms with Crippen LogP contribution in [0, 0.1) is 0 Å². The topological polar surface area (TPSA) is 61.6 Å². The first-order valence-electron chi connectivity index (χ1n) is 8.74. The number of nitrogens with one attached hydrogen (secondary N) is 1. The van der Waals surface area contributed by atoms with Gasteiger partial charge in [-0.2, -0.15) is 0 Å². The lowest BCUT2D eigenvalue weighted by Crippen LogP contribution is -2.56. The number of nitrogens with zero attached hydrogens (tertiary/aromatic N) is 2. The van der Waals surface area contributed by atoms with Crippen LogP contribution in [0.5, 0.6) is 0 Å². The summed E-state index contributed by atoms with van der Waals surface area (Å²) in [6.07, 6.45) is 8.47. The fourth-order valence-electron chi connectivity index (χ4n) is 3.59. The van der Waals surface area contributed by atoms with Gasteiger partial charge in [-0.05, 0) is 19.3 Å². The first kappa shape index (κ1) is 16.6. The fourth-order valence-corrected chi connectivity index (χ4v) is 3.59. The van der Waals surface area contributed by atoms with E-state index in [0.717, 1.165) is 52.0 Å². The van der Waals surface area contributed by atoms with Gasteiger partial charge in [0.1, 0.15) is 0 Å². The summed E-state index contributed by atoms with van der Waals surface area (Å²) in [5.41, 5.74) is 5.87. The molecule has 1 heterocycles. The van der Waals surface area contributed by atoms with Gasteiger partial charge in [0, 0.05) is 44.8 Å². The van der Waals surface area contributed by atoms with Gasteiger partial charge >= 0.3 is 6.03 Å². The van der Waals surface area contributed by atoms with E-state index in [0.29, 0.717) is 12.1 Å². The largest absolute Gasteiger partial charge is 0.335 e. The molecule has 0 aromatic rings. The number of piperazine rings is 1. The predicted octanol–water partition coefficient (Wildman–Crippen LogP) is 1.77. The van der Waals surface area contributed by atoms with Crippen molar-refractivity contribution in [2.75, 3.05) is 32.7 Å². The summed E-state index contributed by atoms with van der Waals surface area (Å²) < 4.78 is 0. The number of amides is 2. The van der Waals surface area contributed by atoms with Gasteiger partial charge in [0.25, 0.3) is 0 Å². The molecular formula is C16H32N4O. The third-order valence-electron chi connectivity index (χ3n) is 4.94. The van der Waals surface area contributed by atoms with E-state index in [1.807, 2.05) is 4.90 Å². The van der Waals surface area contributed by atoms with Crippen molar-refractivity contribution in [3.05, 3.63) is 0 Å². The van der Waals surface area contributed by atoms with Crippen molar-refractivity contribution in [3.63, 3.8) is 0 Å². The lowest BCUT2D eigenvalue weighted by atomic mass is 9.96. The number of carbonyl (C=O) groups is 1. The summed E-state index contributed by atoms with van der Waals surface area (Å²) in [5, 5.41) is 3.22. The number of hydrogen-bond donors (Lipinski definition) is 2. The number of hydrogen-bond acceptors (Lipinski definition) is 3. The maximum Gasteiger partial charge on any atom is 0.317 e. The van der Waals surface area contributed by atoms with E-state index in [2.05, 4.69) is 17.1 Å². The number of urea groups is 1. The third kappa shape index (κ3) is 4.85. The van der Waals surface area contributed by atoms with Crippen LogP contribution in [0.25, 0.3) is 0 Å². The maximum atomic E-state index is 12.3. The molecule has 0 aromatic carbocycles. The molecule has 5 nitrogen and oxygen atoms in total. The molecule has 0 radical (unpaired) electrons. The van der Waals surface area contributed by atoms with Crippen LogP contribution in [0.4, 0.5) is 4.79 Å². The van der Waals surface area contributed by atoms with E-state index in [1.165, 1.54) is 25.7 Å². The minimum Gasteiger partial charge on any atom is -0.335 e. The predicted molar refractivity (Wildman–Crippen MR) is 86.3 cm³/mol. The summed E-state index contributed by atoms with van der Waals surface area (Å²) in [5.74, 6) is 0. The van der Waals surface area contributed by atoms with Crippen LogP contribution in [0.2, 0.25) is 0 Å². The fraction of sp³-hybridized carbons (Fsp3) is 0.938. The van der Waals surface area contributed by atoms with Crippen LogP contribution < -0.4 is 11.1 Å². The molecule has 0 aromatic heterocycles. The summed E-state index contributed by atoms with van der Waals surface area (Å²) >= 11 is 0. The number of carbonyl (C=O) groups excluding carboxylic acids is 1. The van der Waals surface area contributed by atoms with Gasteiger partial charge in [0.05, 0.1) is 0 Å². The zero-order valence-electron chi connectivity index (χ0n) is 13.5. The van der Waals surface area contributed by atoms with Crippen LogP contribution in [-0.4, -0.2) is 60.6 Å². The van der Waals surface area contributed by atoms with Crippen molar-refractivity contribution in [2.45, 2.75) is 64.0 Å². The highest BCUT2D eigenvalue weighted by molar-refractivity contribution is 5.74. The maximum absolute atomic E-state index is 12.3. The highest BCUT2D eigenvalue weighted by atomic mass is 16.2. The van der Waals surface area contributed by atoms with E-state index in [9.17, 15) is 4.79 Å². The van der Waals surface area contributed by atoms with Gasteiger partial charge in [-0.1, -0.05) is 32.6 Å². The average molecular weight is 296 g/mol. The zero-order valence-corrected chi connectivity index (χ0v) is 13.5. The van der Waals surface area contributed by atoms with Gasteiger partial charge in [0.2, 0.25) is 0 Å². The summed E-state index contributed by atoms with van der Waals surface area (Å²) in [4.78, 5) is 16.7. The molecule has 1 aliphatic carbocycles. The van der Waals surface area contributed by atoms with Crippen LogP contribution in [0.3, 0.4) is 0 Å². The average Bonchev–Trinajstić information content (AvgIpc) is 2.54. The second-order valence-electron chi connectivity index (χ2n) is 6.49. The Balaban J connectivity index is 1.73. The molecular weight excluding hydrogens is 264 g/mol. The molecule has 1 unspecified atom stereocenters. The van der Waals surface area contributed by atoms with E-state index >= 15 is 0 Å². The highest BCUT2D eigenvalue weighted by Crippen LogP contribution is 2.18. The first-order valence-corrected chi connectivity index (χ1v) is 8.74. The minimum atomic E-state index is 0.140. The number of nitrogens with two attached hydrogens (primary N) is 1. The van der Waals surface area contributed by atoms with Gasteiger partial charge in [0.15, 0.2) is 0 Å². The first-order chi connectivity index (χ1) is 10.2. The van der Waals surface area contributed by atoms with Gasteiger partial charge in [-0.3, -0.25) is 4.90 Å². The normalized spacial score (nSPS) is 23.0. The molecule has 1 atom stereocenters. The van der Waals surface area contributed by atoms with Gasteiger partial charge in [-0.15, -0.1) is 0 Å². The van der Waals surface area contributed by atoms with Crippen LogP contribution in [0.1, 0.15) is 51.9 Å². The highest BCUT2D eigenvalue weighted by Gasteiger charge is 2.26. The molecule has 2 fully saturated rings. The van der Waals surface area contributed by atoms with Crippen molar-refractivity contribution in [1.29, 1.82) is 0 Å². The molecule has 2 aliphatic rings. The Bertz CT molecular complexity index is 309. The molecule has 5 heteroatoms. The smallest absolute Gasteiger partial charge is 0.317 e. The van der Waals surface area contributed by atoms with Crippen molar-refractivity contribution < 1.29 is 4.79 Å². The number of rotatable bonds is 5. The summed E-state index contributed by atoms with van der Waals surface area (Å²) in [7, 11) is 0. The Labute approximate surface area is 129 Å². The van der Waals surface area contributed by atoms with Gasteiger partial charge < -0.3 is 16.0 Å². The van der Waals surface area contributed by atoms with Crippen molar-refractivity contribution in [3.8, 4) is 0 Å². The SMILES string of the molecule is CCCC(CN)N1CCN(C(=O)NC2CCCCC2)CC1. The second-order valence-corrected chi connectivity index (χ2v) is 6.49. The molecule has 2 amide bonds. The van der Waals surface area contributed by atoms with Gasteiger partial charge in [-0.25, -0.2) is 4.79 Å². The Morgan fingerprint density at radius 1 is 1.19 bits per heavy atom. The van der Waals surface area contributed by atoms with E-state index < -0.39 is 0 Å². The molecule has 122 valence electrons. The summed E-state index contributed by atoms with van der Waals surface area (Å²) in [6, 6.07) is 1.03. The molecule has 0 bridgehead atoms. The standard InChI is InChI=1S/C16H32N4O/c1-2-6-15(13-17)19-9-11-20(12-10-19)16(21)18-14-7-4-3-5-8-14/h14-15H,2-13,17H2,1H3,(H,18,21).